The van der Waals surface area contributed by atoms with Crippen LogP contribution < -0.4 is 10.5 Å². The van der Waals surface area contributed by atoms with E-state index in [0.717, 1.165) is 30.8 Å². The molecular weight excluding hydrogens is 224 g/mol. The zero-order valence-corrected chi connectivity index (χ0v) is 11.9. The van der Waals surface area contributed by atoms with E-state index < -0.39 is 0 Å². The van der Waals surface area contributed by atoms with Gasteiger partial charge in [0, 0.05) is 17.5 Å². The van der Waals surface area contributed by atoms with Crippen LogP contribution in [0.25, 0.3) is 0 Å². The molecule has 1 heterocycles. The highest BCUT2D eigenvalue weighted by atomic mass is 16.5. The van der Waals surface area contributed by atoms with Crippen molar-refractivity contribution in [3.8, 4) is 5.75 Å². The first kappa shape index (κ1) is 13.4. The number of fused-ring (bicyclic) bond motifs is 1. The molecule has 1 aromatic rings. The Labute approximate surface area is 110 Å². The second-order valence-corrected chi connectivity index (χ2v) is 5.52. The minimum atomic E-state index is -0.0545. The molecule has 0 spiro atoms. The number of ether oxygens (including phenoxy) is 1. The third-order valence-electron chi connectivity index (χ3n) is 4.49. The van der Waals surface area contributed by atoms with E-state index in [4.69, 9.17) is 10.5 Å². The van der Waals surface area contributed by atoms with Crippen molar-refractivity contribution in [2.75, 3.05) is 20.7 Å². The fourth-order valence-electron chi connectivity index (χ4n) is 2.63. The van der Waals surface area contributed by atoms with Crippen molar-refractivity contribution < 1.29 is 4.74 Å². The van der Waals surface area contributed by atoms with Gasteiger partial charge in [0.05, 0.1) is 12.6 Å². The van der Waals surface area contributed by atoms with E-state index in [-0.39, 0.29) is 11.6 Å². The van der Waals surface area contributed by atoms with Crippen molar-refractivity contribution in [1.29, 1.82) is 0 Å². The summed E-state index contributed by atoms with van der Waals surface area (Å²) < 4.78 is 5.77. The molecule has 100 valence electrons. The highest BCUT2D eigenvalue weighted by molar-refractivity contribution is 5.46. The van der Waals surface area contributed by atoms with Gasteiger partial charge in [0.2, 0.25) is 0 Å². The van der Waals surface area contributed by atoms with Gasteiger partial charge in [-0.2, -0.15) is 0 Å². The van der Waals surface area contributed by atoms with Crippen molar-refractivity contribution in [3.63, 3.8) is 0 Å². The summed E-state index contributed by atoms with van der Waals surface area (Å²) in [5.74, 6) is 1.02. The number of hydrogen-bond donors (Lipinski definition) is 1. The van der Waals surface area contributed by atoms with Crippen LogP contribution in [0.3, 0.4) is 0 Å². The quantitative estimate of drug-likeness (QED) is 0.889. The Morgan fingerprint density at radius 3 is 2.78 bits per heavy atom. The fourth-order valence-corrected chi connectivity index (χ4v) is 2.63. The molecule has 18 heavy (non-hydrogen) atoms. The van der Waals surface area contributed by atoms with E-state index in [1.54, 1.807) is 0 Å². The third kappa shape index (κ3) is 2.02. The van der Waals surface area contributed by atoms with Crippen LogP contribution in [0.15, 0.2) is 18.2 Å². The molecule has 2 N–H and O–H groups in total. The zero-order chi connectivity index (χ0) is 13.3. The predicted molar refractivity (Wildman–Crippen MR) is 75.0 cm³/mol. The number of hydrogen-bond acceptors (Lipinski definition) is 3. The van der Waals surface area contributed by atoms with Crippen LogP contribution in [0.1, 0.15) is 37.4 Å². The summed E-state index contributed by atoms with van der Waals surface area (Å²) in [6.07, 6.45) is 2.01. The van der Waals surface area contributed by atoms with Gasteiger partial charge in [0.15, 0.2) is 0 Å². The molecule has 3 heteroatoms. The van der Waals surface area contributed by atoms with Crippen molar-refractivity contribution in [2.24, 2.45) is 5.73 Å². The average Bonchev–Trinajstić information content (AvgIpc) is 2.84. The summed E-state index contributed by atoms with van der Waals surface area (Å²) in [6.45, 7) is 5.18. The maximum Gasteiger partial charge on any atom is 0.127 e. The van der Waals surface area contributed by atoms with E-state index in [9.17, 15) is 0 Å². The molecule has 0 radical (unpaired) electrons. The largest absolute Gasteiger partial charge is 0.493 e. The van der Waals surface area contributed by atoms with Crippen LogP contribution in [-0.2, 0) is 6.42 Å². The zero-order valence-electron chi connectivity index (χ0n) is 11.9. The van der Waals surface area contributed by atoms with E-state index in [1.165, 1.54) is 5.56 Å². The van der Waals surface area contributed by atoms with Gasteiger partial charge in [-0.25, -0.2) is 0 Å². The number of benzene rings is 1. The molecule has 0 aromatic heterocycles. The Bertz CT molecular complexity index is 431. The second kappa shape index (κ2) is 4.90. The molecular formula is C15H24N2O. The number of rotatable bonds is 4. The summed E-state index contributed by atoms with van der Waals surface area (Å²) in [4.78, 5) is 2.21. The maximum absolute atomic E-state index is 6.54. The first-order valence-electron chi connectivity index (χ1n) is 6.68. The predicted octanol–water partition coefficient (Wildman–Crippen LogP) is 2.35. The van der Waals surface area contributed by atoms with Gasteiger partial charge < -0.3 is 15.4 Å². The van der Waals surface area contributed by atoms with Gasteiger partial charge >= 0.3 is 0 Å². The van der Waals surface area contributed by atoms with Gasteiger partial charge in [-0.05, 0) is 33.0 Å². The highest BCUT2D eigenvalue weighted by Gasteiger charge is 2.35. The fraction of sp³-hybridized carbons (Fsp3) is 0.600. The van der Waals surface area contributed by atoms with Gasteiger partial charge in [0.1, 0.15) is 5.75 Å². The van der Waals surface area contributed by atoms with Crippen LogP contribution >= 0.6 is 0 Å². The van der Waals surface area contributed by atoms with Crippen LogP contribution in [-0.4, -0.2) is 31.1 Å². The lowest BCUT2D eigenvalue weighted by Gasteiger charge is -2.41. The van der Waals surface area contributed by atoms with Crippen LogP contribution in [0.5, 0.6) is 5.75 Å². The lowest BCUT2D eigenvalue weighted by Crippen LogP contribution is -2.49. The molecule has 1 aliphatic heterocycles. The Morgan fingerprint density at radius 1 is 1.44 bits per heavy atom. The first-order valence-corrected chi connectivity index (χ1v) is 6.68. The van der Waals surface area contributed by atoms with E-state index >= 15 is 0 Å². The molecule has 1 aliphatic rings. The smallest absolute Gasteiger partial charge is 0.127 e. The average molecular weight is 248 g/mol. The molecule has 0 saturated carbocycles. The standard InChI is InChI=1S/C15H24N2O/c1-5-15(2,17(3)4)14(16)12-8-6-7-11-9-10-18-13(11)12/h6-8,14H,5,9-10,16H2,1-4H3. The topological polar surface area (TPSA) is 38.5 Å². The lowest BCUT2D eigenvalue weighted by molar-refractivity contribution is 0.130. The molecule has 0 bridgehead atoms. The van der Waals surface area contributed by atoms with Crippen molar-refractivity contribution in [2.45, 2.75) is 38.3 Å². The molecule has 0 fully saturated rings. The lowest BCUT2D eigenvalue weighted by atomic mass is 9.83. The molecule has 3 nitrogen and oxygen atoms in total. The van der Waals surface area contributed by atoms with E-state index in [2.05, 4.69) is 51.0 Å². The van der Waals surface area contributed by atoms with Gasteiger partial charge in [-0.1, -0.05) is 25.1 Å². The van der Waals surface area contributed by atoms with E-state index in [1.807, 2.05) is 0 Å². The summed E-state index contributed by atoms with van der Waals surface area (Å²) in [6, 6.07) is 6.29. The molecule has 2 atom stereocenters. The number of nitrogens with zero attached hydrogens (tertiary/aromatic N) is 1. The number of para-hydroxylation sites is 1. The highest BCUT2D eigenvalue weighted by Crippen LogP contribution is 2.39. The first-order chi connectivity index (χ1) is 8.50. The molecule has 1 aromatic carbocycles. The normalized spacial score (nSPS) is 19.2. The van der Waals surface area contributed by atoms with Crippen molar-refractivity contribution >= 4 is 0 Å². The van der Waals surface area contributed by atoms with E-state index in [0.29, 0.717) is 0 Å². The van der Waals surface area contributed by atoms with Gasteiger partial charge in [0.25, 0.3) is 0 Å². The maximum atomic E-state index is 6.54. The molecule has 0 saturated heterocycles. The van der Waals surface area contributed by atoms with Crippen LogP contribution in [0, 0.1) is 0 Å². The minimum Gasteiger partial charge on any atom is -0.493 e. The monoisotopic (exact) mass is 248 g/mol. The summed E-state index contributed by atoms with van der Waals surface area (Å²) in [7, 11) is 4.18. The third-order valence-corrected chi connectivity index (χ3v) is 4.49. The molecule has 2 rings (SSSR count). The SMILES string of the molecule is CCC(C)(C(N)c1cccc2c1OCC2)N(C)C. The van der Waals surface area contributed by atoms with Gasteiger partial charge in [-0.3, -0.25) is 0 Å². The molecule has 2 unspecified atom stereocenters. The Hall–Kier alpha value is -1.06. The van der Waals surface area contributed by atoms with Gasteiger partial charge in [-0.15, -0.1) is 0 Å². The Kier molecular flexibility index (Phi) is 3.64. The van der Waals surface area contributed by atoms with Crippen molar-refractivity contribution in [3.05, 3.63) is 29.3 Å². The summed E-state index contributed by atoms with van der Waals surface area (Å²) in [5, 5.41) is 0. The minimum absolute atomic E-state index is 0.0365. The Balaban J connectivity index is 2.40. The number of nitrogens with two attached hydrogens (primary N) is 1. The second-order valence-electron chi connectivity index (χ2n) is 5.52. The Morgan fingerprint density at radius 2 is 2.17 bits per heavy atom. The van der Waals surface area contributed by atoms with Crippen molar-refractivity contribution in [1.82, 2.24) is 4.90 Å². The molecule has 0 amide bonds. The summed E-state index contributed by atoms with van der Waals surface area (Å²) >= 11 is 0. The summed E-state index contributed by atoms with van der Waals surface area (Å²) in [5.41, 5.74) is 8.92. The number of likely N-dealkylation sites (N-methyl/N-ethyl adjacent to an activating group) is 1. The van der Waals surface area contributed by atoms with Crippen LogP contribution in [0.4, 0.5) is 0 Å². The van der Waals surface area contributed by atoms with Crippen LogP contribution in [0.2, 0.25) is 0 Å². The molecule has 0 aliphatic carbocycles.